The van der Waals surface area contributed by atoms with E-state index in [0.29, 0.717) is 6.61 Å². The van der Waals surface area contributed by atoms with Gasteiger partial charge in [-0.3, -0.25) is 4.79 Å². The van der Waals surface area contributed by atoms with Crippen molar-refractivity contribution in [3.05, 3.63) is 29.8 Å². The molecule has 94 valence electrons. The SMILES string of the molecule is CCOC(=O)CN[C@@H](C)c1ccccc1OC. The highest BCUT2D eigenvalue weighted by atomic mass is 16.5. The number of benzene rings is 1. The molecule has 0 aromatic heterocycles. The summed E-state index contributed by atoms with van der Waals surface area (Å²) in [5.41, 5.74) is 1.03. The van der Waals surface area contributed by atoms with Crippen LogP contribution in [0.2, 0.25) is 0 Å². The van der Waals surface area contributed by atoms with Crippen LogP contribution >= 0.6 is 0 Å². The average Bonchev–Trinajstić information content (AvgIpc) is 2.36. The number of rotatable bonds is 6. The molecule has 0 saturated carbocycles. The van der Waals surface area contributed by atoms with E-state index >= 15 is 0 Å². The molecular weight excluding hydrogens is 218 g/mol. The van der Waals surface area contributed by atoms with Gasteiger partial charge in [0.25, 0.3) is 0 Å². The summed E-state index contributed by atoms with van der Waals surface area (Å²) in [6.45, 7) is 4.38. The first-order chi connectivity index (χ1) is 8.19. The summed E-state index contributed by atoms with van der Waals surface area (Å²) in [6, 6.07) is 7.77. The summed E-state index contributed by atoms with van der Waals surface area (Å²) >= 11 is 0. The van der Waals surface area contributed by atoms with Gasteiger partial charge in [-0.25, -0.2) is 0 Å². The van der Waals surface area contributed by atoms with Crippen molar-refractivity contribution in [3.8, 4) is 5.75 Å². The van der Waals surface area contributed by atoms with Crippen LogP contribution in [0.25, 0.3) is 0 Å². The Morgan fingerprint density at radius 2 is 2.12 bits per heavy atom. The molecule has 4 heteroatoms. The Labute approximate surface area is 102 Å². The highest BCUT2D eigenvalue weighted by molar-refractivity contribution is 5.71. The van der Waals surface area contributed by atoms with Crippen molar-refractivity contribution in [3.63, 3.8) is 0 Å². The first-order valence-electron chi connectivity index (χ1n) is 5.71. The predicted octanol–water partition coefficient (Wildman–Crippen LogP) is 1.91. The molecule has 4 nitrogen and oxygen atoms in total. The van der Waals surface area contributed by atoms with Crippen LogP contribution < -0.4 is 10.1 Å². The Morgan fingerprint density at radius 1 is 1.41 bits per heavy atom. The Morgan fingerprint density at radius 3 is 2.76 bits per heavy atom. The lowest BCUT2D eigenvalue weighted by Crippen LogP contribution is -2.27. The Bertz CT molecular complexity index is 365. The predicted molar refractivity (Wildman–Crippen MR) is 66.0 cm³/mol. The fourth-order valence-corrected chi connectivity index (χ4v) is 1.58. The number of methoxy groups -OCH3 is 1. The van der Waals surface area contributed by atoms with E-state index in [1.165, 1.54) is 0 Å². The highest BCUT2D eigenvalue weighted by Gasteiger charge is 2.11. The number of carbonyl (C=O) groups is 1. The summed E-state index contributed by atoms with van der Waals surface area (Å²) < 4.78 is 10.1. The van der Waals surface area contributed by atoms with Gasteiger partial charge >= 0.3 is 5.97 Å². The molecule has 0 bridgehead atoms. The number of hydrogen-bond acceptors (Lipinski definition) is 4. The van der Waals surface area contributed by atoms with Gasteiger partial charge in [0.15, 0.2) is 0 Å². The van der Waals surface area contributed by atoms with E-state index in [0.717, 1.165) is 11.3 Å². The van der Waals surface area contributed by atoms with Crippen molar-refractivity contribution >= 4 is 5.97 Å². The number of ether oxygens (including phenoxy) is 2. The van der Waals surface area contributed by atoms with Crippen LogP contribution in [0.5, 0.6) is 5.75 Å². The quantitative estimate of drug-likeness (QED) is 0.768. The minimum Gasteiger partial charge on any atom is -0.496 e. The van der Waals surface area contributed by atoms with E-state index in [1.807, 2.05) is 31.2 Å². The smallest absolute Gasteiger partial charge is 0.319 e. The molecule has 17 heavy (non-hydrogen) atoms. The fourth-order valence-electron chi connectivity index (χ4n) is 1.58. The van der Waals surface area contributed by atoms with Gasteiger partial charge in [0.05, 0.1) is 20.3 Å². The zero-order chi connectivity index (χ0) is 12.7. The van der Waals surface area contributed by atoms with Crippen molar-refractivity contribution in [1.82, 2.24) is 5.32 Å². The van der Waals surface area contributed by atoms with E-state index in [4.69, 9.17) is 9.47 Å². The van der Waals surface area contributed by atoms with Gasteiger partial charge in [0, 0.05) is 11.6 Å². The number of carbonyl (C=O) groups excluding carboxylic acids is 1. The third-order valence-corrected chi connectivity index (χ3v) is 2.46. The monoisotopic (exact) mass is 237 g/mol. The van der Waals surface area contributed by atoms with Crippen molar-refractivity contribution in [2.45, 2.75) is 19.9 Å². The fraction of sp³-hybridized carbons (Fsp3) is 0.462. The van der Waals surface area contributed by atoms with Crippen molar-refractivity contribution in [2.75, 3.05) is 20.3 Å². The normalized spacial score (nSPS) is 11.9. The Kier molecular flexibility index (Phi) is 5.49. The van der Waals surface area contributed by atoms with Gasteiger partial charge in [-0.1, -0.05) is 18.2 Å². The van der Waals surface area contributed by atoms with Crippen molar-refractivity contribution < 1.29 is 14.3 Å². The second-order valence-corrected chi connectivity index (χ2v) is 3.65. The zero-order valence-corrected chi connectivity index (χ0v) is 10.5. The third-order valence-electron chi connectivity index (χ3n) is 2.46. The maximum absolute atomic E-state index is 11.2. The summed E-state index contributed by atoms with van der Waals surface area (Å²) in [6.07, 6.45) is 0. The molecule has 0 amide bonds. The first kappa shape index (κ1) is 13.5. The minimum atomic E-state index is -0.241. The molecule has 0 saturated heterocycles. The number of esters is 1. The molecule has 0 aliphatic rings. The van der Waals surface area contributed by atoms with Crippen LogP contribution in [0.4, 0.5) is 0 Å². The van der Waals surface area contributed by atoms with Crippen LogP contribution in [0.3, 0.4) is 0 Å². The molecule has 1 aromatic carbocycles. The van der Waals surface area contributed by atoms with E-state index in [1.54, 1.807) is 14.0 Å². The van der Waals surface area contributed by atoms with Gasteiger partial charge in [0.1, 0.15) is 5.75 Å². The molecule has 0 unspecified atom stereocenters. The molecule has 0 aliphatic heterocycles. The second-order valence-electron chi connectivity index (χ2n) is 3.65. The van der Waals surface area contributed by atoms with E-state index < -0.39 is 0 Å². The molecule has 0 spiro atoms. The van der Waals surface area contributed by atoms with Gasteiger partial charge in [-0.2, -0.15) is 0 Å². The van der Waals surface area contributed by atoms with Crippen LogP contribution in [0.1, 0.15) is 25.5 Å². The van der Waals surface area contributed by atoms with E-state index in [9.17, 15) is 4.79 Å². The molecule has 0 aliphatic carbocycles. The highest BCUT2D eigenvalue weighted by Crippen LogP contribution is 2.23. The minimum absolute atomic E-state index is 0.0376. The molecule has 0 radical (unpaired) electrons. The maximum atomic E-state index is 11.2. The summed E-state index contributed by atoms with van der Waals surface area (Å²) in [4.78, 5) is 11.2. The standard InChI is InChI=1S/C13H19NO3/c1-4-17-13(15)9-14-10(2)11-7-5-6-8-12(11)16-3/h5-8,10,14H,4,9H2,1-3H3/t10-/m0/s1. The van der Waals surface area contributed by atoms with Crippen molar-refractivity contribution in [1.29, 1.82) is 0 Å². The lowest BCUT2D eigenvalue weighted by atomic mass is 10.1. The van der Waals surface area contributed by atoms with Crippen LogP contribution in [-0.2, 0) is 9.53 Å². The molecular formula is C13H19NO3. The van der Waals surface area contributed by atoms with E-state index in [2.05, 4.69) is 5.32 Å². The number of para-hydroxylation sites is 1. The summed E-state index contributed by atoms with van der Waals surface area (Å²) in [5.74, 6) is 0.575. The largest absolute Gasteiger partial charge is 0.496 e. The molecule has 1 atom stereocenters. The van der Waals surface area contributed by atoms with Crippen LogP contribution in [0, 0.1) is 0 Å². The lowest BCUT2D eigenvalue weighted by Gasteiger charge is -2.16. The van der Waals surface area contributed by atoms with E-state index in [-0.39, 0.29) is 18.6 Å². The number of nitrogens with one attached hydrogen (secondary N) is 1. The summed E-state index contributed by atoms with van der Waals surface area (Å²) in [5, 5.41) is 3.10. The maximum Gasteiger partial charge on any atom is 0.319 e. The summed E-state index contributed by atoms with van der Waals surface area (Å²) in [7, 11) is 1.64. The van der Waals surface area contributed by atoms with Gasteiger partial charge < -0.3 is 14.8 Å². The number of hydrogen-bond donors (Lipinski definition) is 1. The van der Waals surface area contributed by atoms with Gasteiger partial charge in [-0.05, 0) is 19.9 Å². The van der Waals surface area contributed by atoms with Gasteiger partial charge in [0.2, 0.25) is 0 Å². The zero-order valence-electron chi connectivity index (χ0n) is 10.5. The average molecular weight is 237 g/mol. The Balaban J connectivity index is 2.57. The van der Waals surface area contributed by atoms with Gasteiger partial charge in [-0.15, -0.1) is 0 Å². The molecule has 1 aromatic rings. The molecule has 0 heterocycles. The van der Waals surface area contributed by atoms with Crippen molar-refractivity contribution in [2.24, 2.45) is 0 Å². The Hall–Kier alpha value is -1.55. The van der Waals surface area contributed by atoms with Crippen LogP contribution in [0.15, 0.2) is 24.3 Å². The molecule has 1 N–H and O–H groups in total. The topological polar surface area (TPSA) is 47.6 Å². The second kappa shape index (κ2) is 6.91. The third kappa shape index (κ3) is 4.07. The first-order valence-corrected chi connectivity index (χ1v) is 5.71. The lowest BCUT2D eigenvalue weighted by molar-refractivity contribution is -0.142. The molecule has 0 fully saturated rings. The molecule has 1 rings (SSSR count). The van der Waals surface area contributed by atoms with Crippen LogP contribution in [-0.4, -0.2) is 26.2 Å².